The number of amides is 1. The predicted octanol–water partition coefficient (Wildman–Crippen LogP) is 3.36. The van der Waals surface area contributed by atoms with E-state index in [2.05, 4.69) is 36.3 Å². The molecule has 2 heterocycles. The van der Waals surface area contributed by atoms with Gasteiger partial charge < -0.3 is 0 Å². The Morgan fingerprint density at radius 1 is 1.33 bits per heavy atom. The molecule has 2 aromatic rings. The van der Waals surface area contributed by atoms with E-state index in [4.69, 9.17) is 0 Å². The first-order valence-corrected chi connectivity index (χ1v) is 8.06. The molecule has 2 aromatic heterocycles. The Hall–Kier alpha value is -1.97. The van der Waals surface area contributed by atoms with Crippen molar-refractivity contribution < 1.29 is 18.0 Å². The molecule has 1 saturated carbocycles. The first kappa shape index (κ1) is 16.9. The lowest BCUT2D eigenvalue weighted by molar-refractivity contribution is -0.142. The number of halogens is 4. The molecule has 6 nitrogen and oxygen atoms in total. The van der Waals surface area contributed by atoms with E-state index >= 15 is 0 Å². The maximum atomic E-state index is 13.0. The third-order valence-electron chi connectivity index (χ3n) is 3.53. The van der Waals surface area contributed by atoms with Gasteiger partial charge in [0, 0.05) is 24.7 Å². The highest BCUT2D eigenvalue weighted by atomic mass is 79.9. The molecule has 0 spiro atoms. The lowest BCUT2D eigenvalue weighted by atomic mass is 10.2. The summed E-state index contributed by atoms with van der Waals surface area (Å²) in [5.41, 5.74) is -0.442. The van der Waals surface area contributed by atoms with Crippen LogP contribution in [0.2, 0.25) is 0 Å². The fourth-order valence-electron chi connectivity index (χ4n) is 2.31. The summed E-state index contributed by atoms with van der Waals surface area (Å²) >= 11 is 3.02. The van der Waals surface area contributed by atoms with Crippen molar-refractivity contribution in [2.24, 2.45) is 0 Å². The molecule has 24 heavy (non-hydrogen) atoms. The summed E-state index contributed by atoms with van der Waals surface area (Å²) in [6, 6.07) is 1.61. The maximum Gasteiger partial charge on any atom is 0.436 e. The number of carbonyl (C=O) groups excluding carboxylic acids is 1. The van der Waals surface area contributed by atoms with Gasteiger partial charge in [-0.15, -0.1) is 0 Å². The van der Waals surface area contributed by atoms with Gasteiger partial charge in [-0.3, -0.25) is 14.8 Å². The summed E-state index contributed by atoms with van der Waals surface area (Å²) in [4.78, 5) is 19.6. The first-order chi connectivity index (χ1) is 11.4. The molecule has 1 N–H and O–H groups in total. The van der Waals surface area contributed by atoms with Crippen LogP contribution in [-0.2, 0) is 17.5 Å². The van der Waals surface area contributed by atoms with Gasteiger partial charge >= 0.3 is 6.18 Å². The van der Waals surface area contributed by atoms with E-state index in [0.29, 0.717) is 5.69 Å². The summed E-state index contributed by atoms with van der Waals surface area (Å²) in [7, 11) is 0. The number of aromatic nitrogens is 4. The van der Waals surface area contributed by atoms with Crippen LogP contribution in [0.4, 0.5) is 19.1 Å². The first-order valence-electron chi connectivity index (χ1n) is 7.26. The minimum Gasteiger partial charge on any atom is -0.294 e. The molecular formula is C14H13BrF3N5O. The van der Waals surface area contributed by atoms with Crippen molar-refractivity contribution in [3.05, 3.63) is 34.3 Å². The summed E-state index contributed by atoms with van der Waals surface area (Å²) in [5, 5.41) is 6.15. The van der Waals surface area contributed by atoms with E-state index < -0.39 is 11.9 Å². The SMILES string of the molecule is O=C(CCn1nc(C(F)(F)F)c(Br)c1C1CC1)Nc1ncccn1. The molecule has 0 unspecified atom stereocenters. The van der Waals surface area contributed by atoms with Gasteiger partial charge in [-0.25, -0.2) is 9.97 Å². The molecule has 0 radical (unpaired) electrons. The van der Waals surface area contributed by atoms with Crippen LogP contribution in [0.3, 0.4) is 0 Å². The highest BCUT2D eigenvalue weighted by molar-refractivity contribution is 9.10. The van der Waals surface area contributed by atoms with Crippen molar-refractivity contribution >= 4 is 27.8 Å². The second-order valence-corrected chi connectivity index (χ2v) is 6.21. The number of hydrogen-bond acceptors (Lipinski definition) is 4. The number of aryl methyl sites for hydroxylation is 1. The van der Waals surface area contributed by atoms with Crippen molar-refractivity contribution in [1.82, 2.24) is 19.7 Å². The molecule has 0 aliphatic heterocycles. The van der Waals surface area contributed by atoms with Gasteiger partial charge in [-0.05, 0) is 34.8 Å². The predicted molar refractivity (Wildman–Crippen MR) is 82.2 cm³/mol. The number of rotatable bonds is 5. The van der Waals surface area contributed by atoms with Gasteiger partial charge in [0.2, 0.25) is 11.9 Å². The van der Waals surface area contributed by atoms with E-state index in [9.17, 15) is 18.0 Å². The molecular weight excluding hydrogens is 391 g/mol. The van der Waals surface area contributed by atoms with E-state index in [1.807, 2.05) is 0 Å². The van der Waals surface area contributed by atoms with Crippen LogP contribution < -0.4 is 5.32 Å². The van der Waals surface area contributed by atoms with E-state index in [0.717, 1.165) is 12.8 Å². The van der Waals surface area contributed by atoms with Crippen LogP contribution in [0.1, 0.15) is 36.6 Å². The highest BCUT2D eigenvalue weighted by Gasteiger charge is 2.41. The standard InChI is InChI=1S/C14H13BrF3N5O/c15-10-11(8-2-3-8)23(22-12(10)14(16,17)18)7-4-9(24)21-13-19-5-1-6-20-13/h1,5-6,8H,2-4,7H2,(H,19,20,21,24). The lowest BCUT2D eigenvalue weighted by Crippen LogP contribution is -2.17. The zero-order valence-corrected chi connectivity index (χ0v) is 13.9. The van der Waals surface area contributed by atoms with Crippen LogP contribution in [0.25, 0.3) is 0 Å². The fourth-order valence-corrected chi connectivity index (χ4v) is 3.14. The minimum atomic E-state index is -4.53. The van der Waals surface area contributed by atoms with Gasteiger partial charge in [0.1, 0.15) is 0 Å². The summed E-state index contributed by atoms with van der Waals surface area (Å²) < 4.78 is 40.3. The van der Waals surface area contributed by atoms with Crippen molar-refractivity contribution in [1.29, 1.82) is 0 Å². The maximum absolute atomic E-state index is 13.0. The third-order valence-corrected chi connectivity index (χ3v) is 4.31. The Kier molecular flexibility index (Phi) is 4.57. The number of nitrogens with zero attached hydrogens (tertiary/aromatic N) is 4. The molecule has 0 saturated heterocycles. The largest absolute Gasteiger partial charge is 0.436 e. The van der Waals surface area contributed by atoms with Gasteiger partial charge in [0.25, 0.3) is 0 Å². The Morgan fingerprint density at radius 3 is 2.58 bits per heavy atom. The smallest absolute Gasteiger partial charge is 0.294 e. The zero-order chi connectivity index (χ0) is 17.3. The minimum absolute atomic E-state index is 0.0238. The third kappa shape index (κ3) is 3.74. The lowest BCUT2D eigenvalue weighted by Gasteiger charge is -2.07. The quantitative estimate of drug-likeness (QED) is 0.830. The van der Waals surface area contributed by atoms with Gasteiger partial charge in [0.05, 0.1) is 16.7 Å². The average molecular weight is 404 g/mol. The van der Waals surface area contributed by atoms with Gasteiger partial charge in [-0.1, -0.05) is 0 Å². The van der Waals surface area contributed by atoms with Crippen molar-refractivity contribution in [2.75, 3.05) is 5.32 Å². The molecule has 0 bridgehead atoms. The van der Waals surface area contributed by atoms with Crippen LogP contribution in [0.5, 0.6) is 0 Å². The summed E-state index contributed by atoms with van der Waals surface area (Å²) in [6.45, 7) is 0.0547. The number of anilines is 1. The van der Waals surface area contributed by atoms with E-state index in [1.165, 1.54) is 17.1 Å². The van der Waals surface area contributed by atoms with Crippen LogP contribution in [0.15, 0.2) is 22.9 Å². The Labute approximate surface area is 143 Å². The van der Waals surface area contributed by atoms with E-state index in [1.54, 1.807) is 6.07 Å². The Morgan fingerprint density at radius 2 is 2.00 bits per heavy atom. The van der Waals surface area contributed by atoms with Crippen molar-refractivity contribution in [3.63, 3.8) is 0 Å². The van der Waals surface area contributed by atoms with Crippen LogP contribution in [0, 0.1) is 0 Å². The fraction of sp³-hybridized carbons (Fsp3) is 0.429. The number of nitrogens with one attached hydrogen (secondary N) is 1. The summed E-state index contributed by atoms with van der Waals surface area (Å²) in [6.07, 6.45) is 0.0522. The Bertz CT molecular complexity index is 743. The number of carbonyl (C=O) groups is 1. The van der Waals surface area contributed by atoms with Crippen LogP contribution >= 0.6 is 15.9 Å². The second kappa shape index (κ2) is 6.50. The highest BCUT2D eigenvalue weighted by Crippen LogP contribution is 2.46. The molecule has 1 aliphatic carbocycles. The molecule has 0 aromatic carbocycles. The Balaban J connectivity index is 1.72. The normalized spacial score (nSPS) is 14.7. The molecule has 1 aliphatic rings. The summed E-state index contributed by atoms with van der Waals surface area (Å²) in [5.74, 6) is -0.172. The zero-order valence-electron chi connectivity index (χ0n) is 12.3. The van der Waals surface area contributed by atoms with Gasteiger partial charge in [-0.2, -0.15) is 18.3 Å². The topological polar surface area (TPSA) is 72.7 Å². The number of hydrogen-bond donors (Lipinski definition) is 1. The van der Waals surface area contributed by atoms with Crippen molar-refractivity contribution in [2.45, 2.75) is 37.9 Å². The van der Waals surface area contributed by atoms with E-state index in [-0.39, 0.29) is 35.2 Å². The average Bonchev–Trinajstić information content (AvgIpc) is 3.29. The van der Waals surface area contributed by atoms with Crippen LogP contribution in [-0.4, -0.2) is 25.7 Å². The molecule has 10 heteroatoms. The molecule has 128 valence electrons. The molecule has 0 atom stereocenters. The van der Waals surface area contributed by atoms with Gasteiger partial charge in [0.15, 0.2) is 5.69 Å². The monoisotopic (exact) mass is 403 g/mol. The molecule has 3 rings (SSSR count). The molecule has 1 amide bonds. The van der Waals surface area contributed by atoms with Crippen molar-refractivity contribution in [3.8, 4) is 0 Å². The number of alkyl halides is 3. The second-order valence-electron chi connectivity index (χ2n) is 5.41. The molecule has 1 fully saturated rings.